The summed E-state index contributed by atoms with van der Waals surface area (Å²) < 4.78 is 45.3. The van der Waals surface area contributed by atoms with E-state index in [-0.39, 0.29) is 5.02 Å². The molecule has 196 valence electrons. The third kappa shape index (κ3) is 6.58. The van der Waals surface area contributed by atoms with Crippen LogP contribution in [0, 0.1) is 0 Å². The first kappa shape index (κ1) is 27.3. The Balaban J connectivity index is 1.50. The molecule has 37 heavy (non-hydrogen) atoms. The Morgan fingerprint density at radius 3 is 2.49 bits per heavy atom. The van der Waals surface area contributed by atoms with E-state index in [1.165, 1.54) is 6.07 Å². The molecule has 0 saturated heterocycles. The molecule has 3 aromatic carbocycles. The van der Waals surface area contributed by atoms with Gasteiger partial charge in [0.25, 0.3) is 0 Å². The van der Waals surface area contributed by atoms with E-state index in [9.17, 15) is 13.2 Å². The summed E-state index contributed by atoms with van der Waals surface area (Å²) in [5.41, 5.74) is 2.37. The van der Waals surface area contributed by atoms with E-state index in [4.69, 9.17) is 32.9 Å². The first-order valence-electron chi connectivity index (χ1n) is 12.1. The third-order valence-electron chi connectivity index (χ3n) is 6.18. The average Bonchev–Trinajstić information content (AvgIpc) is 2.86. The Morgan fingerprint density at radius 2 is 1.76 bits per heavy atom. The zero-order valence-corrected chi connectivity index (χ0v) is 22.1. The van der Waals surface area contributed by atoms with Crippen molar-refractivity contribution in [2.45, 2.75) is 32.5 Å². The number of nitrogens with zero attached hydrogens (tertiary/aromatic N) is 2. The predicted octanol–water partition coefficient (Wildman–Crippen LogP) is 8.44. The van der Waals surface area contributed by atoms with Crippen LogP contribution in [-0.4, -0.2) is 36.6 Å². The van der Waals surface area contributed by atoms with Crippen molar-refractivity contribution < 1.29 is 17.9 Å². The number of ether oxygens (including phenoxy) is 1. The van der Waals surface area contributed by atoms with Crippen molar-refractivity contribution in [3.05, 3.63) is 75.8 Å². The maximum Gasteiger partial charge on any atom is 0.417 e. The summed E-state index contributed by atoms with van der Waals surface area (Å²) in [7, 11) is 1.63. The lowest BCUT2D eigenvalue weighted by Gasteiger charge is -2.23. The van der Waals surface area contributed by atoms with E-state index in [0.29, 0.717) is 23.7 Å². The van der Waals surface area contributed by atoms with Crippen LogP contribution >= 0.6 is 23.2 Å². The number of benzene rings is 3. The Hall–Kier alpha value is -2.74. The zero-order valence-electron chi connectivity index (χ0n) is 20.6. The molecule has 0 amide bonds. The topological polar surface area (TPSA) is 37.4 Å². The first-order chi connectivity index (χ1) is 17.7. The normalized spacial score (nSPS) is 12.0. The van der Waals surface area contributed by atoms with Crippen LogP contribution in [0.25, 0.3) is 21.8 Å². The summed E-state index contributed by atoms with van der Waals surface area (Å²) >= 11 is 12.0. The van der Waals surface area contributed by atoms with E-state index >= 15 is 0 Å². The molecular weight excluding hydrogens is 522 g/mol. The molecule has 4 rings (SSSR count). The molecule has 4 nitrogen and oxygen atoms in total. The number of alkyl halides is 3. The summed E-state index contributed by atoms with van der Waals surface area (Å²) in [5, 5.41) is 5.80. The Kier molecular flexibility index (Phi) is 8.67. The standard InChI is InChI=1S/C28H28Cl2F3N3O/c1-3-12-36(17-18-5-9-24(30)23(14-18)28(31,32)33)13-4-11-34-27-21-8-6-19(29)15-26(21)35-25-10-7-20(37-2)16-22(25)27/h5-10,14-16H,3-4,11-13,17H2,1-2H3,(H,34,35). The van der Waals surface area contributed by atoms with E-state index in [2.05, 4.69) is 17.1 Å². The third-order valence-corrected chi connectivity index (χ3v) is 6.74. The van der Waals surface area contributed by atoms with Crippen LogP contribution in [0.1, 0.15) is 30.9 Å². The van der Waals surface area contributed by atoms with Crippen molar-refractivity contribution in [2.24, 2.45) is 0 Å². The van der Waals surface area contributed by atoms with Crippen molar-refractivity contribution >= 4 is 50.7 Å². The second-order valence-electron chi connectivity index (χ2n) is 8.90. The van der Waals surface area contributed by atoms with E-state index < -0.39 is 11.7 Å². The first-order valence-corrected chi connectivity index (χ1v) is 12.8. The van der Waals surface area contributed by atoms with Gasteiger partial charge in [0.2, 0.25) is 0 Å². The number of hydrogen-bond donors (Lipinski definition) is 1. The molecule has 1 aromatic heterocycles. The van der Waals surface area contributed by atoms with Crippen LogP contribution in [0.5, 0.6) is 5.75 Å². The molecule has 0 atom stereocenters. The minimum absolute atomic E-state index is 0.280. The van der Waals surface area contributed by atoms with Gasteiger partial charge in [0.05, 0.1) is 34.4 Å². The van der Waals surface area contributed by atoms with Crippen molar-refractivity contribution in [3.8, 4) is 5.75 Å². The summed E-state index contributed by atoms with van der Waals surface area (Å²) in [6, 6.07) is 15.5. The highest BCUT2D eigenvalue weighted by atomic mass is 35.5. The highest BCUT2D eigenvalue weighted by Crippen LogP contribution is 2.36. The van der Waals surface area contributed by atoms with E-state index in [1.807, 2.05) is 36.4 Å². The molecule has 0 spiro atoms. The minimum Gasteiger partial charge on any atom is -0.497 e. The Bertz CT molecular complexity index is 1390. The van der Waals surface area contributed by atoms with Crippen LogP contribution in [0.2, 0.25) is 10.0 Å². The van der Waals surface area contributed by atoms with Crippen LogP contribution in [-0.2, 0) is 12.7 Å². The molecule has 0 fully saturated rings. The van der Waals surface area contributed by atoms with E-state index in [1.54, 1.807) is 13.2 Å². The molecule has 0 aliphatic heterocycles. The van der Waals surface area contributed by atoms with Crippen LogP contribution in [0.3, 0.4) is 0 Å². The van der Waals surface area contributed by atoms with Crippen LogP contribution in [0.15, 0.2) is 54.6 Å². The molecule has 1 N–H and O–H groups in total. The van der Waals surface area contributed by atoms with Gasteiger partial charge in [-0.05, 0) is 73.5 Å². The SMILES string of the molecule is CCCN(CCCNc1c2ccc(Cl)cc2nc2ccc(OC)cc12)Cc1ccc(Cl)c(C(F)(F)F)c1. The number of halogens is 5. The highest BCUT2D eigenvalue weighted by Gasteiger charge is 2.33. The molecule has 0 saturated carbocycles. The lowest BCUT2D eigenvalue weighted by atomic mass is 10.1. The zero-order chi connectivity index (χ0) is 26.6. The second kappa shape index (κ2) is 11.8. The number of anilines is 1. The fourth-order valence-electron chi connectivity index (χ4n) is 4.46. The summed E-state index contributed by atoms with van der Waals surface area (Å²) in [4.78, 5) is 6.92. The van der Waals surface area contributed by atoms with Gasteiger partial charge in [0, 0.05) is 35.4 Å². The number of fused-ring (bicyclic) bond motifs is 2. The molecule has 0 bridgehead atoms. The summed E-state index contributed by atoms with van der Waals surface area (Å²) in [5.74, 6) is 0.737. The van der Waals surface area contributed by atoms with Gasteiger partial charge < -0.3 is 10.1 Å². The van der Waals surface area contributed by atoms with Crippen LogP contribution in [0.4, 0.5) is 18.9 Å². The van der Waals surface area contributed by atoms with Crippen molar-refractivity contribution in [1.82, 2.24) is 9.88 Å². The molecule has 1 heterocycles. The lowest BCUT2D eigenvalue weighted by molar-refractivity contribution is -0.137. The number of aromatic nitrogens is 1. The maximum atomic E-state index is 13.3. The number of pyridine rings is 1. The monoisotopic (exact) mass is 549 g/mol. The quantitative estimate of drug-likeness (QED) is 0.159. The van der Waals surface area contributed by atoms with E-state index in [0.717, 1.165) is 65.2 Å². The van der Waals surface area contributed by atoms with Gasteiger partial charge >= 0.3 is 6.18 Å². The molecule has 9 heteroatoms. The maximum absolute atomic E-state index is 13.3. The number of methoxy groups -OCH3 is 1. The van der Waals surface area contributed by atoms with Gasteiger partial charge in [0.15, 0.2) is 0 Å². The fraction of sp³-hybridized carbons (Fsp3) is 0.321. The van der Waals surface area contributed by atoms with Crippen LogP contribution < -0.4 is 10.1 Å². The number of hydrogen-bond acceptors (Lipinski definition) is 4. The van der Waals surface area contributed by atoms with Gasteiger partial charge in [-0.1, -0.05) is 36.2 Å². The predicted molar refractivity (Wildman–Crippen MR) is 146 cm³/mol. The minimum atomic E-state index is -4.48. The van der Waals surface area contributed by atoms with Crippen molar-refractivity contribution in [3.63, 3.8) is 0 Å². The molecule has 0 radical (unpaired) electrons. The largest absolute Gasteiger partial charge is 0.497 e. The molecule has 4 aromatic rings. The summed E-state index contributed by atoms with van der Waals surface area (Å²) in [6.07, 6.45) is -2.79. The average molecular weight is 550 g/mol. The van der Waals surface area contributed by atoms with Gasteiger partial charge in [-0.15, -0.1) is 0 Å². The van der Waals surface area contributed by atoms with Gasteiger partial charge in [-0.3, -0.25) is 4.90 Å². The van der Waals surface area contributed by atoms with Gasteiger partial charge in [-0.25, -0.2) is 4.98 Å². The van der Waals surface area contributed by atoms with Gasteiger partial charge in [0.1, 0.15) is 5.75 Å². The lowest BCUT2D eigenvalue weighted by Crippen LogP contribution is -2.27. The molecule has 0 aliphatic rings. The fourth-order valence-corrected chi connectivity index (χ4v) is 4.85. The second-order valence-corrected chi connectivity index (χ2v) is 9.74. The Morgan fingerprint density at radius 1 is 0.946 bits per heavy atom. The smallest absolute Gasteiger partial charge is 0.417 e. The van der Waals surface area contributed by atoms with Gasteiger partial charge in [-0.2, -0.15) is 13.2 Å². The highest BCUT2D eigenvalue weighted by molar-refractivity contribution is 6.31. The van der Waals surface area contributed by atoms with Crippen molar-refractivity contribution in [2.75, 3.05) is 32.1 Å². The van der Waals surface area contributed by atoms with Crippen molar-refractivity contribution in [1.29, 1.82) is 0 Å². The Labute approximate surface area is 224 Å². The molecule has 0 unspecified atom stereocenters. The molecular formula is C28H28Cl2F3N3O. The molecule has 0 aliphatic carbocycles. The summed E-state index contributed by atoms with van der Waals surface area (Å²) in [6.45, 7) is 4.65. The number of rotatable bonds is 10. The number of nitrogens with one attached hydrogen (secondary N) is 1.